The van der Waals surface area contributed by atoms with Crippen LogP contribution < -0.4 is 0 Å². The molecule has 1 aromatic carbocycles. The molecule has 0 aliphatic carbocycles. The third-order valence-corrected chi connectivity index (χ3v) is 4.30. The molecule has 21 heavy (non-hydrogen) atoms. The van der Waals surface area contributed by atoms with Gasteiger partial charge in [-0.25, -0.2) is 0 Å². The second-order valence-corrected chi connectivity index (χ2v) is 6.19. The summed E-state index contributed by atoms with van der Waals surface area (Å²) in [5, 5.41) is 11.1. The van der Waals surface area contributed by atoms with Crippen molar-refractivity contribution in [3.63, 3.8) is 0 Å². The summed E-state index contributed by atoms with van der Waals surface area (Å²) in [5.41, 5.74) is 1.32. The Balaban J connectivity index is 1.75. The van der Waals surface area contributed by atoms with E-state index in [4.69, 9.17) is 12.2 Å². The Hall–Kier alpha value is -2.05. The molecule has 4 nitrogen and oxygen atoms in total. The van der Waals surface area contributed by atoms with Crippen molar-refractivity contribution in [1.82, 2.24) is 14.9 Å². The van der Waals surface area contributed by atoms with E-state index >= 15 is 0 Å². The van der Waals surface area contributed by atoms with Gasteiger partial charge < -0.3 is 0 Å². The van der Waals surface area contributed by atoms with E-state index in [-0.39, 0.29) is 0 Å². The summed E-state index contributed by atoms with van der Waals surface area (Å²) in [6, 6.07) is 14.7. The number of nitrogens with zero attached hydrogens (tertiary/aromatic N) is 3. The Morgan fingerprint density at radius 2 is 2.10 bits per heavy atom. The Bertz CT molecular complexity index is 812. The van der Waals surface area contributed by atoms with Gasteiger partial charge in [-0.3, -0.25) is 5.10 Å². The maximum Gasteiger partial charge on any atom is 0.216 e. The number of benzene rings is 1. The van der Waals surface area contributed by atoms with E-state index in [0.717, 1.165) is 17.1 Å². The highest BCUT2D eigenvalue weighted by molar-refractivity contribution is 7.71. The zero-order valence-electron chi connectivity index (χ0n) is 11.5. The van der Waals surface area contributed by atoms with Crippen molar-refractivity contribution in [3.05, 3.63) is 68.4 Å². The average molecular weight is 314 g/mol. The van der Waals surface area contributed by atoms with Crippen LogP contribution in [0, 0.1) is 11.7 Å². The van der Waals surface area contributed by atoms with Crippen LogP contribution in [0.4, 0.5) is 0 Å². The minimum absolute atomic E-state index is 0.504. The number of aromatic nitrogens is 3. The van der Waals surface area contributed by atoms with Crippen LogP contribution >= 0.6 is 23.6 Å². The smallest absolute Gasteiger partial charge is 0.216 e. The summed E-state index contributed by atoms with van der Waals surface area (Å²) in [7, 11) is 0. The summed E-state index contributed by atoms with van der Waals surface area (Å²) >= 11 is 6.85. The second kappa shape index (κ2) is 6.15. The zero-order chi connectivity index (χ0) is 14.7. The second-order valence-electron chi connectivity index (χ2n) is 4.60. The van der Waals surface area contributed by atoms with Crippen molar-refractivity contribution in [2.24, 2.45) is 5.10 Å². The number of aryl methyl sites for hydroxylation is 1. The van der Waals surface area contributed by atoms with Gasteiger partial charge in [0.05, 0.1) is 6.21 Å². The number of nitrogens with one attached hydrogen (secondary N) is 1. The number of rotatable bonds is 4. The molecule has 0 fully saturated rings. The Morgan fingerprint density at radius 3 is 2.81 bits per heavy atom. The van der Waals surface area contributed by atoms with E-state index < -0.39 is 0 Å². The molecule has 0 atom stereocenters. The van der Waals surface area contributed by atoms with Gasteiger partial charge in [-0.1, -0.05) is 30.3 Å². The summed E-state index contributed by atoms with van der Waals surface area (Å²) in [5.74, 6) is 0.748. The Morgan fingerprint density at radius 1 is 1.29 bits per heavy atom. The lowest BCUT2D eigenvalue weighted by Crippen LogP contribution is -1.92. The van der Waals surface area contributed by atoms with Crippen LogP contribution in [-0.2, 0) is 6.42 Å². The van der Waals surface area contributed by atoms with Crippen LogP contribution in [0.2, 0.25) is 0 Å². The fraction of sp³-hybridized carbons (Fsp3) is 0.133. The average Bonchev–Trinajstić information content (AvgIpc) is 3.06. The molecule has 0 saturated carbocycles. The summed E-state index contributed by atoms with van der Waals surface area (Å²) in [6.45, 7) is 1.86. The molecule has 0 bridgehead atoms. The van der Waals surface area contributed by atoms with Crippen molar-refractivity contribution >= 4 is 29.8 Å². The van der Waals surface area contributed by atoms with E-state index in [0.29, 0.717) is 4.77 Å². The Labute approximate surface area is 131 Å². The lowest BCUT2D eigenvalue weighted by Gasteiger charge is -1.96. The quantitative estimate of drug-likeness (QED) is 0.588. The normalized spacial score (nSPS) is 11.3. The highest BCUT2D eigenvalue weighted by Crippen LogP contribution is 2.18. The van der Waals surface area contributed by atoms with Gasteiger partial charge in [0.25, 0.3) is 0 Å². The van der Waals surface area contributed by atoms with Crippen molar-refractivity contribution in [2.75, 3.05) is 0 Å². The molecular weight excluding hydrogens is 300 g/mol. The maximum absolute atomic E-state index is 5.11. The van der Waals surface area contributed by atoms with Crippen LogP contribution in [0.3, 0.4) is 0 Å². The van der Waals surface area contributed by atoms with E-state index in [1.807, 2.05) is 19.2 Å². The number of thiophene rings is 1. The lowest BCUT2D eigenvalue weighted by molar-refractivity contribution is 0.821. The van der Waals surface area contributed by atoms with Crippen LogP contribution in [0.1, 0.15) is 21.1 Å². The minimum atomic E-state index is 0.504. The summed E-state index contributed by atoms with van der Waals surface area (Å²) in [4.78, 5) is 2.42. The van der Waals surface area contributed by atoms with Crippen LogP contribution in [0.5, 0.6) is 0 Å². The molecule has 1 N–H and O–H groups in total. The van der Waals surface area contributed by atoms with Gasteiger partial charge in [0, 0.05) is 16.2 Å². The van der Waals surface area contributed by atoms with E-state index in [2.05, 4.69) is 51.7 Å². The van der Waals surface area contributed by atoms with Gasteiger partial charge in [-0.15, -0.1) is 11.3 Å². The van der Waals surface area contributed by atoms with Gasteiger partial charge in [0.2, 0.25) is 4.77 Å². The highest BCUT2D eigenvalue weighted by atomic mass is 32.1. The SMILES string of the molecule is Cc1n[nH]c(=S)n1/N=C\c1ccc(Cc2ccccc2)s1. The van der Waals surface area contributed by atoms with Crippen LogP contribution in [-0.4, -0.2) is 21.1 Å². The highest BCUT2D eigenvalue weighted by Gasteiger charge is 2.01. The number of aromatic amines is 1. The minimum Gasteiger partial charge on any atom is -0.250 e. The van der Waals surface area contributed by atoms with Crippen molar-refractivity contribution in [3.8, 4) is 0 Å². The van der Waals surface area contributed by atoms with E-state index in [1.54, 1.807) is 16.0 Å². The molecule has 0 radical (unpaired) electrons. The van der Waals surface area contributed by atoms with Gasteiger partial charge in [0.1, 0.15) is 5.82 Å². The van der Waals surface area contributed by atoms with E-state index in [9.17, 15) is 0 Å². The molecule has 2 heterocycles. The monoisotopic (exact) mass is 314 g/mol. The predicted molar refractivity (Wildman–Crippen MR) is 88.7 cm³/mol. The molecule has 0 unspecified atom stereocenters. The molecule has 0 aliphatic heterocycles. The van der Waals surface area contributed by atoms with Crippen LogP contribution in [0.15, 0.2) is 47.6 Å². The third kappa shape index (κ3) is 3.34. The number of hydrogen-bond acceptors (Lipinski definition) is 4. The first-order valence-electron chi connectivity index (χ1n) is 6.53. The number of H-pyrrole nitrogens is 1. The molecular formula is C15H14N4S2. The Kier molecular flexibility index (Phi) is 4.08. The fourth-order valence-corrected chi connectivity index (χ4v) is 3.12. The molecule has 0 saturated heterocycles. The van der Waals surface area contributed by atoms with Gasteiger partial charge in [0.15, 0.2) is 0 Å². The van der Waals surface area contributed by atoms with Gasteiger partial charge in [-0.2, -0.15) is 14.9 Å². The first-order valence-corrected chi connectivity index (χ1v) is 7.76. The molecule has 3 rings (SSSR count). The van der Waals surface area contributed by atoms with Crippen molar-refractivity contribution < 1.29 is 0 Å². The van der Waals surface area contributed by atoms with Crippen LogP contribution in [0.25, 0.3) is 0 Å². The summed E-state index contributed by atoms with van der Waals surface area (Å²) < 4.78 is 2.12. The van der Waals surface area contributed by atoms with Gasteiger partial charge in [-0.05, 0) is 36.8 Å². The standard InChI is InChI=1S/C15H14N4S2/c1-11-17-18-15(20)19(11)16-10-14-8-7-13(21-14)9-12-5-3-2-4-6-12/h2-8,10H,9H2,1H3,(H,18,20)/b16-10-. The first kappa shape index (κ1) is 13.9. The topological polar surface area (TPSA) is 46.0 Å². The molecule has 6 heteroatoms. The van der Waals surface area contributed by atoms with E-state index in [1.165, 1.54) is 10.4 Å². The molecule has 106 valence electrons. The molecule has 0 spiro atoms. The molecule has 3 aromatic rings. The molecule has 0 amide bonds. The largest absolute Gasteiger partial charge is 0.250 e. The zero-order valence-corrected chi connectivity index (χ0v) is 13.1. The number of hydrogen-bond donors (Lipinski definition) is 1. The van der Waals surface area contributed by atoms with Crippen molar-refractivity contribution in [2.45, 2.75) is 13.3 Å². The predicted octanol–water partition coefficient (Wildman–Crippen LogP) is 3.78. The lowest BCUT2D eigenvalue weighted by atomic mass is 10.1. The van der Waals surface area contributed by atoms with Crippen molar-refractivity contribution in [1.29, 1.82) is 0 Å². The summed E-state index contributed by atoms with van der Waals surface area (Å²) in [6.07, 6.45) is 2.76. The molecule has 0 aliphatic rings. The molecule has 2 aromatic heterocycles. The third-order valence-electron chi connectivity index (χ3n) is 3.02. The fourth-order valence-electron chi connectivity index (χ4n) is 1.98. The van der Waals surface area contributed by atoms with Gasteiger partial charge >= 0.3 is 0 Å². The first-order chi connectivity index (χ1) is 10.2. The maximum atomic E-state index is 5.11.